The third kappa shape index (κ3) is 7.68. The predicted molar refractivity (Wildman–Crippen MR) is 215 cm³/mol. The molecule has 296 valence electrons. The monoisotopic (exact) mass is 721 g/mol. The highest BCUT2D eigenvalue weighted by atomic mass is 16.4. The number of carbonyl (C=O) groups excluding carboxylic acids is 2. The Morgan fingerprint density at radius 1 is 0.692 bits per heavy atom. The van der Waals surface area contributed by atoms with Crippen LogP contribution in [0, 0.1) is 56.2 Å². The topological polar surface area (TPSA) is 71.4 Å². The van der Waals surface area contributed by atoms with Gasteiger partial charge in [-0.3, -0.25) is 14.4 Å². The van der Waals surface area contributed by atoms with Crippen molar-refractivity contribution in [3.05, 3.63) is 11.6 Å². The second-order valence-electron chi connectivity index (χ2n) is 21.1. The molecule has 52 heavy (non-hydrogen) atoms. The number of hydrogen-bond acceptors (Lipinski definition) is 3. The Hall–Kier alpha value is -1.45. The van der Waals surface area contributed by atoms with Crippen LogP contribution in [0.5, 0.6) is 0 Å². The van der Waals surface area contributed by atoms with E-state index in [1.54, 1.807) is 0 Å². The van der Waals surface area contributed by atoms with Crippen molar-refractivity contribution in [2.45, 2.75) is 216 Å². The molecule has 4 heteroatoms. The minimum atomic E-state index is -0.735. The van der Waals surface area contributed by atoms with Crippen LogP contribution < -0.4 is 0 Å². The average molecular weight is 721 g/mol. The molecule has 0 aromatic carbocycles. The molecule has 1 N–H and O–H groups in total. The molecule has 0 spiro atoms. The molecule has 4 nitrogen and oxygen atoms in total. The number of carbonyl (C=O) groups is 3. The van der Waals surface area contributed by atoms with Gasteiger partial charge in [0.15, 0.2) is 5.78 Å². The summed E-state index contributed by atoms with van der Waals surface area (Å²) >= 11 is 0. The van der Waals surface area contributed by atoms with Gasteiger partial charge in [-0.1, -0.05) is 157 Å². The van der Waals surface area contributed by atoms with Crippen molar-refractivity contribution in [2.75, 3.05) is 0 Å². The fourth-order valence-electron chi connectivity index (χ4n) is 13.7. The van der Waals surface area contributed by atoms with Crippen molar-refractivity contribution in [1.82, 2.24) is 0 Å². The molecule has 0 amide bonds. The molecular formula is C48H80O4. The first-order chi connectivity index (χ1) is 24.5. The van der Waals surface area contributed by atoms with Crippen molar-refractivity contribution in [2.24, 2.45) is 56.2 Å². The molecule has 0 saturated heterocycles. The summed E-state index contributed by atoms with van der Waals surface area (Å²) in [5.41, 5.74) is -0.353. The predicted octanol–water partition coefficient (Wildman–Crippen LogP) is 13.5. The van der Waals surface area contributed by atoms with E-state index in [0.29, 0.717) is 12.2 Å². The minimum Gasteiger partial charge on any atom is -0.481 e. The van der Waals surface area contributed by atoms with E-state index in [1.165, 1.54) is 102 Å². The Morgan fingerprint density at radius 3 is 1.75 bits per heavy atom. The number of Topliss-reactive ketones (excluding diaryl/α,β-unsaturated/α-hetero) is 1. The number of carboxylic acids is 1. The van der Waals surface area contributed by atoms with Gasteiger partial charge in [0.25, 0.3) is 0 Å². The van der Waals surface area contributed by atoms with Crippen LogP contribution in [0.1, 0.15) is 216 Å². The Labute approximate surface area is 319 Å². The summed E-state index contributed by atoms with van der Waals surface area (Å²) < 4.78 is 0. The van der Waals surface area contributed by atoms with Gasteiger partial charge in [-0.05, 0) is 104 Å². The van der Waals surface area contributed by atoms with Gasteiger partial charge in [-0.25, -0.2) is 0 Å². The minimum absolute atomic E-state index is 0.0421. The standard InChI is InChI=1S/C48H80O4/c1-9-10-11-12-13-14-15-16-17-18-19-20-21-22-23-24-25-35-33-46(6)39(43(2,3)41(35)50)26-27-48(8)40(46)38(49)32-36-37-34-45(5,42(51)52)29-28-44(37,4)30-31-47(36,48)7/h32,35,37,39-40H,9-31,33-34H2,1-8H3,(H,51,52)/t35?,37-,39?,40-,44-,45+,46+,47-,48-/m1/s1. The lowest BCUT2D eigenvalue weighted by Crippen LogP contribution is -2.67. The highest BCUT2D eigenvalue weighted by Gasteiger charge is 2.71. The van der Waals surface area contributed by atoms with Gasteiger partial charge < -0.3 is 5.11 Å². The van der Waals surface area contributed by atoms with Gasteiger partial charge in [0, 0.05) is 17.3 Å². The molecule has 0 aromatic rings. The SMILES string of the molecule is CCCCCCCCCCCCCCCCCCC1C[C@@]2(C)C(CC[C@]3(C)[C@@H]2C(=O)C=C2[C@H]4C[C@@](C)(C(=O)O)CC[C@]4(C)CC[C@]23C)C(C)(C)C1=O. The third-order valence-electron chi connectivity index (χ3n) is 17.3. The number of aliphatic carboxylic acids is 1. The number of hydrogen-bond donors (Lipinski definition) is 1. The summed E-state index contributed by atoms with van der Waals surface area (Å²) in [7, 11) is 0. The normalized spacial score (nSPS) is 39.6. The van der Waals surface area contributed by atoms with Gasteiger partial charge in [0.2, 0.25) is 0 Å². The van der Waals surface area contributed by atoms with E-state index in [9.17, 15) is 19.5 Å². The Kier molecular flexibility index (Phi) is 13.1. The van der Waals surface area contributed by atoms with Crippen LogP contribution in [0.2, 0.25) is 0 Å². The molecule has 4 fully saturated rings. The van der Waals surface area contributed by atoms with Crippen LogP contribution in [0.25, 0.3) is 0 Å². The second-order valence-corrected chi connectivity index (χ2v) is 21.1. The zero-order chi connectivity index (χ0) is 38.0. The Balaban J connectivity index is 1.18. The molecular weight excluding hydrogens is 641 g/mol. The van der Waals surface area contributed by atoms with Crippen molar-refractivity contribution in [1.29, 1.82) is 0 Å². The number of ketones is 2. The smallest absolute Gasteiger partial charge is 0.309 e. The lowest BCUT2D eigenvalue weighted by Gasteiger charge is -2.70. The van der Waals surface area contributed by atoms with Crippen molar-refractivity contribution in [3.8, 4) is 0 Å². The number of rotatable bonds is 18. The summed E-state index contributed by atoms with van der Waals surface area (Å²) in [6.45, 7) is 18.3. The van der Waals surface area contributed by atoms with Gasteiger partial charge in [0.05, 0.1) is 5.41 Å². The van der Waals surface area contributed by atoms with Gasteiger partial charge in [-0.2, -0.15) is 0 Å². The van der Waals surface area contributed by atoms with Crippen LogP contribution >= 0.6 is 0 Å². The highest BCUT2D eigenvalue weighted by molar-refractivity contribution is 5.96. The second kappa shape index (κ2) is 16.3. The van der Waals surface area contributed by atoms with Crippen LogP contribution in [-0.4, -0.2) is 22.6 Å². The fraction of sp³-hybridized carbons (Fsp3) is 0.896. The van der Waals surface area contributed by atoms with E-state index in [1.807, 2.05) is 6.92 Å². The molecule has 9 atom stereocenters. The first-order valence-electron chi connectivity index (χ1n) is 22.5. The third-order valence-corrected chi connectivity index (χ3v) is 17.3. The summed E-state index contributed by atoms with van der Waals surface area (Å²) in [6.07, 6.45) is 32.0. The maximum atomic E-state index is 14.8. The van der Waals surface area contributed by atoms with E-state index in [0.717, 1.165) is 57.8 Å². The van der Waals surface area contributed by atoms with E-state index in [-0.39, 0.29) is 51.1 Å². The van der Waals surface area contributed by atoms with E-state index in [4.69, 9.17) is 0 Å². The molecule has 0 radical (unpaired) electrons. The van der Waals surface area contributed by atoms with Gasteiger partial charge >= 0.3 is 5.97 Å². The lowest BCUT2D eigenvalue weighted by atomic mass is 9.33. The van der Waals surface area contributed by atoms with Gasteiger partial charge in [-0.15, -0.1) is 0 Å². The van der Waals surface area contributed by atoms with E-state index < -0.39 is 16.8 Å². The first-order valence-corrected chi connectivity index (χ1v) is 22.5. The Bertz CT molecular complexity index is 1310. The molecule has 0 aliphatic heterocycles. The molecule has 4 saturated carbocycles. The molecule has 5 aliphatic rings. The average Bonchev–Trinajstić information content (AvgIpc) is 3.08. The van der Waals surface area contributed by atoms with Crippen LogP contribution in [-0.2, 0) is 14.4 Å². The van der Waals surface area contributed by atoms with Crippen LogP contribution in [0.15, 0.2) is 11.6 Å². The van der Waals surface area contributed by atoms with Crippen molar-refractivity contribution < 1.29 is 19.5 Å². The molecule has 5 rings (SSSR count). The number of fused-ring (bicyclic) bond motifs is 7. The number of carboxylic acid groups (broad SMARTS) is 1. The molecule has 0 aromatic heterocycles. The number of allylic oxidation sites excluding steroid dienone is 2. The number of unbranched alkanes of at least 4 members (excludes halogenated alkanes) is 15. The quantitative estimate of drug-likeness (QED) is 0.143. The summed E-state index contributed by atoms with van der Waals surface area (Å²) in [5.74, 6) is 0.349. The van der Waals surface area contributed by atoms with E-state index in [2.05, 4.69) is 54.5 Å². The maximum absolute atomic E-state index is 14.8. The molecule has 0 bridgehead atoms. The van der Waals surface area contributed by atoms with Crippen molar-refractivity contribution in [3.63, 3.8) is 0 Å². The van der Waals surface area contributed by atoms with Crippen LogP contribution in [0.4, 0.5) is 0 Å². The molecule has 2 unspecified atom stereocenters. The lowest BCUT2D eigenvalue weighted by molar-refractivity contribution is -0.194. The summed E-state index contributed by atoms with van der Waals surface area (Å²) in [5, 5.41) is 10.3. The summed E-state index contributed by atoms with van der Waals surface area (Å²) in [4.78, 5) is 41.5. The van der Waals surface area contributed by atoms with Crippen molar-refractivity contribution >= 4 is 17.5 Å². The maximum Gasteiger partial charge on any atom is 0.309 e. The zero-order valence-electron chi connectivity index (χ0n) is 35.2. The molecule has 0 heterocycles. The van der Waals surface area contributed by atoms with Gasteiger partial charge in [0.1, 0.15) is 5.78 Å². The summed E-state index contributed by atoms with van der Waals surface area (Å²) in [6, 6.07) is 0. The van der Waals surface area contributed by atoms with Crippen LogP contribution in [0.3, 0.4) is 0 Å². The first kappa shape index (κ1) is 41.7. The zero-order valence-corrected chi connectivity index (χ0v) is 35.2. The Morgan fingerprint density at radius 2 is 1.21 bits per heavy atom. The van der Waals surface area contributed by atoms with E-state index >= 15 is 0 Å². The largest absolute Gasteiger partial charge is 0.481 e. The highest BCUT2D eigenvalue weighted by Crippen LogP contribution is 2.75. The molecule has 5 aliphatic carbocycles. The fourth-order valence-corrected chi connectivity index (χ4v) is 13.7.